The summed E-state index contributed by atoms with van der Waals surface area (Å²) in [6.45, 7) is 4.35. The lowest BCUT2D eigenvalue weighted by molar-refractivity contribution is 1.04. The van der Waals surface area contributed by atoms with Crippen molar-refractivity contribution in [1.82, 2.24) is 9.97 Å². The molecule has 4 nitrogen and oxygen atoms in total. The number of rotatable bonds is 5. The van der Waals surface area contributed by atoms with Gasteiger partial charge in [-0.1, -0.05) is 24.3 Å². The van der Waals surface area contributed by atoms with Crippen molar-refractivity contribution in [1.29, 1.82) is 0 Å². The topological polar surface area (TPSA) is 41.1 Å². The summed E-state index contributed by atoms with van der Waals surface area (Å²) in [5.41, 5.74) is 1.05. The number of para-hydroxylation sites is 1. The SMILES string of the molecule is C=CCNc1ccnc(N(C)c2ccccc2)n1. The predicted octanol–water partition coefficient (Wildman–Crippen LogP) is 2.84. The molecule has 2 rings (SSSR count). The lowest BCUT2D eigenvalue weighted by atomic mass is 10.3. The van der Waals surface area contributed by atoms with Gasteiger partial charge in [-0.2, -0.15) is 4.98 Å². The minimum Gasteiger partial charge on any atom is -0.366 e. The molecule has 0 spiro atoms. The molecule has 0 aliphatic heterocycles. The predicted molar refractivity (Wildman–Crippen MR) is 75.2 cm³/mol. The maximum Gasteiger partial charge on any atom is 0.231 e. The summed E-state index contributed by atoms with van der Waals surface area (Å²) >= 11 is 0. The Balaban J connectivity index is 2.20. The van der Waals surface area contributed by atoms with E-state index >= 15 is 0 Å². The summed E-state index contributed by atoms with van der Waals surface area (Å²) in [5, 5.41) is 3.15. The molecule has 0 saturated carbocycles. The van der Waals surface area contributed by atoms with Crippen LogP contribution in [0, 0.1) is 0 Å². The molecular formula is C14H16N4. The highest BCUT2D eigenvalue weighted by molar-refractivity contribution is 5.57. The van der Waals surface area contributed by atoms with Crippen LogP contribution in [0.3, 0.4) is 0 Å². The van der Waals surface area contributed by atoms with Gasteiger partial charge in [0.2, 0.25) is 5.95 Å². The van der Waals surface area contributed by atoms with Gasteiger partial charge >= 0.3 is 0 Å². The van der Waals surface area contributed by atoms with Gasteiger partial charge in [-0.05, 0) is 18.2 Å². The molecule has 0 aliphatic carbocycles. The van der Waals surface area contributed by atoms with Crippen molar-refractivity contribution in [3.8, 4) is 0 Å². The first-order valence-electron chi connectivity index (χ1n) is 5.78. The van der Waals surface area contributed by atoms with Crippen LogP contribution >= 0.6 is 0 Å². The first-order valence-corrected chi connectivity index (χ1v) is 5.78. The summed E-state index contributed by atoms with van der Waals surface area (Å²) in [7, 11) is 1.95. The average Bonchev–Trinajstić information content (AvgIpc) is 2.45. The number of anilines is 3. The Bertz CT molecular complexity index is 510. The van der Waals surface area contributed by atoms with Crippen LogP contribution in [0.1, 0.15) is 0 Å². The highest BCUT2D eigenvalue weighted by atomic mass is 15.2. The van der Waals surface area contributed by atoms with Gasteiger partial charge in [0.25, 0.3) is 0 Å². The molecule has 2 aromatic rings. The van der Waals surface area contributed by atoms with E-state index in [0.717, 1.165) is 11.5 Å². The molecule has 0 atom stereocenters. The van der Waals surface area contributed by atoms with Crippen LogP contribution in [0.15, 0.2) is 55.3 Å². The van der Waals surface area contributed by atoms with Crippen molar-refractivity contribution in [3.63, 3.8) is 0 Å². The summed E-state index contributed by atoms with van der Waals surface area (Å²) in [4.78, 5) is 10.7. The number of aromatic nitrogens is 2. The van der Waals surface area contributed by atoms with Crippen molar-refractivity contribution in [3.05, 3.63) is 55.3 Å². The van der Waals surface area contributed by atoms with E-state index in [9.17, 15) is 0 Å². The zero-order chi connectivity index (χ0) is 12.8. The molecule has 92 valence electrons. The van der Waals surface area contributed by atoms with Crippen LogP contribution in [0.25, 0.3) is 0 Å². The van der Waals surface area contributed by atoms with Gasteiger partial charge in [0, 0.05) is 25.5 Å². The molecule has 0 amide bonds. The van der Waals surface area contributed by atoms with Gasteiger partial charge in [0.15, 0.2) is 0 Å². The van der Waals surface area contributed by atoms with E-state index in [1.54, 1.807) is 12.3 Å². The van der Waals surface area contributed by atoms with Crippen LogP contribution in [-0.4, -0.2) is 23.6 Å². The normalized spacial score (nSPS) is 9.83. The Labute approximate surface area is 107 Å². The van der Waals surface area contributed by atoms with E-state index in [1.807, 2.05) is 48.3 Å². The number of nitrogens with one attached hydrogen (secondary N) is 1. The maximum atomic E-state index is 4.44. The lowest BCUT2D eigenvalue weighted by Gasteiger charge is -2.17. The molecule has 0 unspecified atom stereocenters. The van der Waals surface area contributed by atoms with E-state index in [4.69, 9.17) is 0 Å². The minimum absolute atomic E-state index is 0.662. The third-order valence-corrected chi connectivity index (χ3v) is 2.51. The zero-order valence-corrected chi connectivity index (χ0v) is 10.4. The fraction of sp³-hybridized carbons (Fsp3) is 0.143. The standard InChI is InChI=1S/C14H16N4/c1-3-10-15-13-9-11-16-14(17-13)18(2)12-7-5-4-6-8-12/h3-9,11H,1,10H2,2H3,(H,15,16,17). The molecular weight excluding hydrogens is 224 g/mol. The molecule has 1 heterocycles. The number of nitrogens with zero attached hydrogens (tertiary/aromatic N) is 3. The molecule has 0 aliphatic rings. The van der Waals surface area contributed by atoms with E-state index in [-0.39, 0.29) is 0 Å². The van der Waals surface area contributed by atoms with Crippen LogP contribution in [0.5, 0.6) is 0 Å². The Kier molecular flexibility index (Phi) is 3.91. The Morgan fingerprint density at radius 3 is 2.78 bits per heavy atom. The number of benzene rings is 1. The van der Waals surface area contributed by atoms with Crippen molar-refractivity contribution in [2.45, 2.75) is 0 Å². The Morgan fingerprint density at radius 2 is 2.06 bits per heavy atom. The average molecular weight is 240 g/mol. The van der Waals surface area contributed by atoms with Crippen molar-refractivity contribution < 1.29 is 0 Å². The third kappa shape index (κ3) is 2.85. The van der Waals surface area contributed by atoms with E-state index in [0.29, 0.717) is 12.5 Å². The maximum absolute atomic E-state index is 4.44. The van der Waals surface area contributed by atoms with E-state index in [2.05, 4.69) is 21.9 Å². The molecule has 1 aromatic carbocycles. The van der Waals surface area contributed by atoms with Gasteiger partial charge in [0.1, 0.15) is 5.82 Å². The van der Waals surface area contributed by atoms with Crippen LogP contribution in [-0.2, 0) is 0 Å². The van der Waals surface area contributed by atoms with Gasteiger partial charge in [-0.3, -0.25) is 0 Å². The monoisotopic (exact) mass is 240 g/mol. The molecule has 18 heavy (non-hydrogen) atoms. The summed E-state index contributed by atoms with van der Waals surface area (Å²) < 4.78 is 0. The molecule has 0 radical (unpaired) electrons. The fourth-order valence-corrected chi connectivity index (χ4v) is 1.55. The smallest absolute Gasteiger partial charge is 0.231 e. The Hall–Kier alpha value is -2.36. The van der Waals surface area contributed by atoms with Gasteiger partial charge in [-0.15, -0.1) is 6.58 Å². The van der Waals surface area contributed by atoms with Gasteiger partial charge in [-0.25, -0.2) is 4.98 Å². The van der Waals surface area contributed by atoms with Gasteiger partial charge in [0.05, 0.1) is 0 Å². The summed E-state index contributed by atoms with van der Waals surface area (Å²) in [6.07, 6.45) is 3.54. The first-order chi connectivity index (χ1) is 8.81. The molecule has 4 heteroatoms. The second-order valence-electron chi connectivity index (χ2n) is 3.81. The van der Waals surface area contributed by atoms with E-state index < -0.39 is 0 Å². The molecule has 0 bridgehead atoms. The van der Waals surface area contributed by atoms with Crippen molar-refractivity contribution >= 4 is 17.5 Å². The van der Waals surface area contributed by atoms with Crippen molar-refractivity contribution in [2.24, 2.45) is 0 Å². The molecule has 0 fully saturated rings. The quantitative estimate of drug-likeness (QED) is 0.816. The lowest BCUT2D eigenvalue weighted by Crippen LogP contribution is -2.13. The second kappa shape index (κ2) is 5.82. The first kappa shape index (κ1) is 12.1. The highest BCUT2D eigenvalue weighted by Gasteiger charge is 2.06. The molecule has 0 saturated heterocycles. The van der Waals surface area contributed by atoms with Gasteiger partial charge < -0.3 is 10.2 Å². The Morgan fingerprint density at radius 1 is 1.28 bits per heavy atom. The molecule has 1 aromatic heterocycles. The number of hydrogen-bond donors (Lipinski definition) is 1. The zero-order valence-electron chi connectivity index (χ0n) is 10.4. The summed E-state index contributed by atoms with van der Waals surface area (Å²) in [6, 6.07) is 11.9. The van der Waals surface area contributed by atoms with Crippen LogP contribution in [0.2, 0.25) is 0 Å². The second-order valence-corrected chi connectivity index (χ2v) is 3.81. The largest absolute Gasteiger partial charge is 0.366 e. The van der Waals surface area contributed by atoms with Crippen LogP contribution in [0.4, 0.5) is 17.5 Å². The van der Waals surface area contributed by atoms with Crippen LogP contribution < -0.4 is 10.2 Å². The third-order valence-electron chi connectivity index (χ3n) is 2.51. The summed E-state index contributed by atoms with van der Waals surface area (Å²) in [5.74, 6) is 1.46. The fourth-order valence-electron chi connectivity index (χ4n) is 1.55. The number of hydrogen-bond acceptors (Lipinski definition) is 4. The van der Waals surface area contributed by atoms with E-state index in [1.165, 1.54) is 0 Å². The minimum atomic E-state index is 0.662. The highest BCUT2D eigenvalue weighted by Crippen LogP contribution is 2.19. The molecule has 1 N–H and O–H groups in total. The van der Waals surface area contributed by atoms with Crippen molar-refractivity contribution in [2.75, 3.05) is 23.8 Å².